The molecule has 0 spiro atoms. The molecule has 0 radical (unpaired) electrons. The van der Waals surface area contributed by atoms with Crippen LogP contribution in [0.25, 0.3) is 0 Å². The first-order chi connectivity index (χ1) is 16.2. The lowest BCUT2D eigenvalue weighted by atomic mass is 9.75. The molecule has 1 unspecified atom stereocenters. The molecule has 0 saturated heterocycles. The highest BCUT2D eigenvalue weighted by atomic mass is 19.1. The van der Waals surface area contributed by atoms with Crippen LogP contribution in [0.3, 0.4) is 0 Å². The third-order valence-electron chi connectivity index (χ3n) is 5.77. The maximum absolute atomic E-state index is 14.0. The number of rotatable bonds is 10. The fourth-order valence-electron chi connectivity index (χ4n) is 3.94. The zero-order chi connectivity index (χ0) is 24.9. The van der Waals surface area contributed by atoms with Crippen LogP contribution >= 0.6 is 0 Å². The smallest absolute Gasteiger partial charge is 0.328 e. The van der Waals surface area contributed by atoms with Gasteiger partial charge >= 0.3 is 5.69 Å². The van der Waals surface area contributed by atoms with Crippen LogP contribution in [0.15, 0.2) is 58.3 Å². The summed E-state index contributed by atoms with van der Waals surface area (Å²) in [7, 11) is 4.49. The first-order valence-electron chi connectivity index (χ1n) is 10.4. The fraction of sp³-hybridized carbons (Fsp3) is 0.292. The second-order valence-electron chi connectivity index (χ2n) is 7.71. The summed E-state index contributed by atoms with van der Waals surface area (Å²) in [5.41, 5.74) is 3.84. The minimum Gasteiger partial charge on any atom is -0.493 e. The summed E-state index contributed by atoms with van der Waals surface area (Å²) in [5.74, 6) is -0.533. The number of methoxy groups -OCH3 is 3. The summed E-state index contributed by atoms with van der Waals surface area (Å²) in [6.07, 6.45) is 1.27. The van der Waals surface area contributed by atoms with E-state index in [2.05, 4.69) is 0 Å². The zero-order valence-electron chi connectivity index (χ0n) is 19.1. The minimum atomic E-state index is -1.39. The number of halogens is 1. The number of aryl methyl sites for hydroxylation is 1. The molecule has 3 aromatic rings. The Morgan fingerprint density at radius 3 is 2.21 bits per heavy atom. The highest BCUT2D eigenvalue weighted by Gasteiger charge is 2.39. The number of nitrogens with one attached hydrogen (secondary N) is 1. The Morgan fingerprint density at radius 2 is 1.68 bits per heavy atom. The first kappa shape index (κ1) is 24.6. The van der Waals surface area contributed by atoms with Gasteiger partial charge in [-0.3, -0.25) is 19.1 Å². The molecule has 0 fully saturated rings. The summed E-state index contributed by atoms with van der Waals surface area (Å²) in [6, 6.07) is 12.2. The van der Waals surface area contributed by atoms with Crippen LogP contribution in [0.4, 0.5) is 4.39 Å². The summed E-state index contributed by atoms with van der Waals surface area (Å²) >= 11 is 0. The van der Waals surface area contributed by atoms with E-state index in [1.54, 1.807) is 42.5 Å². The molecule has 34 heavy (non-hydrogen) atoms. The fourth-order valence-corrected chi connectivity index (χ4v) is 3.94. The Morgan fingerprint density at radius 1 is 1.06 bits per heavy atom. The van der Waals surface area contributed by atoms with Crippen molar-refractivity contribution in [3.63, 3.8) is 0 Å². The molecule has 180 valence electrons. The van der Waals surface area contributed by atoms with Gasteiger partial charge in [-0.25, -0.2) is 4.79 Å². The van der Waals surface area contributed by atoms with Gasteiger partial charge in [0.25, 0.3) is 5.56 Å². The zero-order valence-corrected chi connectivity index (χ0v) is 19.1. The van der Waals surface area contributed by atoms with Crippen LogP contribution in [-0.2, 0) is 23.2 Å². The molecule has 1 heterocycles. The van der Waals surface area contributed by atoms with E-state index in [0.717, 1.165) is 16.3 Å². The number of carbonyl (C=O) groups is 1. The Balaban J connectivity index is 2.09. The normalized spacial score (nSPS) is 12.6. The van der Waals surface area contributed by atoms with Gasteiger partial charge in [-0.05, 0) is 36.1 Å². The summed E-state index contributed by atoms with van der Waals surface area (Å²) < 4.78 is 31.1. The van der Waals surface area contributed by atoms with Crippen molar-refractivity contribution in [2.24, 2.45) is 5.73 Å². The van der Waals surface area contributed by atoms with Crippen molar-refractivity contribution in [1.82, 2.24) is 9.55 Å². The Hall–Kier alpha value is -4.08. The monoisotopic (exact) mass is 471 g/mol. The Bertz CT molecular complexity index is 1260. The average molecular weight is 471 g/mol. The van der Waals surface area contributed by atoms with Crippen LogP contribution in [-0.4, -0.2) is 36.8 Å². The number of amides is 1. The van der Waals surface area contributed by atoms with Gasteiger partial charge in [0.05, 0.1) is 32.9 Å². The first-order valence-corrected chi connectivity index (χ1v) is 10.4. The number of nitrogens with zero attached hydrogens (tertiary/aromatic N) is 1. The Labute approximate surface area is 194 Å². The highest BCUT2D eigenvalue weighted by molar-refractivity contribution is 5.86. The average Bonchev–Trinajstić information content (AvgIpc) is 2.84. The minimum absolute atomic E-state index is 0.165. The highest BCUT2D eigenvalue weighted by Crippen LogP contribution is 2.39. The molecule has 0 bridgehead atoms. The van der Waals surface area contributed by atoms with Gasteiger partial charge in [-0.1, -0.05) is 30.3 Å². The van der Waals surface area contributed by atoms with Crippen LogP contribution in [0.1, 0.15) is 17.5 Å². The molecule has 0 saturated carbocycles. The standard InChI is InChI=1S/C24H26FN3O6/c1-32-18-11-15(12-19(33-2)20(18)34-3)9-10-24(22(26)30,16-7-5-4-6-8-16)14-28-13-17(25)21(29)27-23(28)31/h4-8,11-13H,9-10,14H2,1-3H3,(H2,26,30)(H,27,29,31). The number of ether oxygens (including phenoxy) is 3. The maximum Gasteiger partial charge on any atom is 0.328 e. The van der Waals surface area contributed by atoms with Crippen LogP contribution in [0.5, 0.6) is 17.2 Å². The van der Waals surface area contributed by atoms with Crippen LogP contribution in [0, 0.1) is 5.82 Å². The second-order valence-corrected chi connectivity index (χ2v) is 7.71. The summed E-state index contributed by atoms with van der Waals surface area (Å²) in [6.45, 7) is -0.274. The van der Waals surface area contributed by atoms with E-state index in [-0.39, 0.29) is 13.0 Å². The molecule has 1 amide bonds. The van der Waals surface area contributed by atoms with Gasteiger partial charge in [-0.15, -0.1) is 0 Å². The van der Waals surface area contributed by atoms with Crippen molar-refractivity contribution in [3.8, 4) is 17.2 Å². The predicted molar refractivity (Wildman–Crippen MR) is 123 cm³/mol. The number of hydrogen-bond donors (Lipinski definition) is 2. The largest absolute Gasteiger partial charge is 0.493 e. The van der Waals surface area contributed by atoms with Crippen molar-refractivity contribution in [2.45, 2.75) is 24.8 Å². The van der Waals surface area contributed by atoms with E-state index in [0.29, 0.717) is 29.2 Å². The van der Waals surface area contributed by atoms with Crippen molar-refractivity contribution >= 4 is 5.91 Å². The SMILES string of the molecule is COc1cc(CCC(Cn2cc(F)c(=O)[nH]c2=O)(C(N)=O)c2ccccc2)cc(OC)c1OC. The van der Waals surface area contributed by atoms with Crippen molar-refractivity contribution < 1.29 is 23.4 Å². The van der Waals surface area contributed by atoms with Crippen molar-refractivity contribution in [1.29, 1.82) is 0 Å². The predicted octanol–water partition coefficient (Wildman–Crippen LogP) is 1.76. The van der Waals surface area contributed by atoms with Gasteiger partial charge in [0.2, 0.25) is 17.5 Å². The number of primary amides is 1. The molecule has 3 rings (SSSR count). The number of benzene rings is 2. The molecule has 0 aliphatic rings. The Kier molecular flexibility index (Phi) is 7.40. The van der Waals surface area contributed by atoms with Gasteiger partial charge in [-0.2, -0.15) is 4.39 Å². The number of aromatic amines is 1. The lowest BCUT2D eigenvalue weighted by molar-refractivity contribution is -0.124. The van der Waals surface area contributed by atoms with Crippen molar-refractivity contribution in [3.05, 3.63) is 86.4 Å². The van der Waals surface area contributed by atoms with Gasteiger partial charge in [0.15, 0.2) is 11.5 Å². The van der Waals surface area contributed by atoms with Gasteiger partial charge in [0.1, 0.15) is 0 Å². The number of hydrogen-bond acceptors (Lipinski definition) is 6. The molecular weight excluding hydrogens is 445 g/mol. The molecular formula is C24H26FN3O6. The molecule has 3 N–H and O–H groups in total. The molecule has 2 aromatic carbocycles. The maximum atomic E-state index is 14.0. The van der Waals surface area contributed by atoms with E-state index in [4.69, 9.17) is 19.9 Å². The molecule has 0 aliphatic heterocycles. The van der Waals surface area contributed by atoms with E-state index in [9.17, 15) is 18.8 Å². The van der Waals surface area contributed by atoms with E-state index >= 15 is 0 Å². The third kappa shape index (κ3) is 4.80. The number of nitrogens with two attached hydrogens (primary N) is 1. The lowest BCUT2D eigenvalue weighted by Crippen LogP contribution is -2.48. The molecule has 0 aliphatic carbocycles. The number of aromatic nitrogens is 2. The van der Waals surface area contributed by atoms with Gasteiger partial charge < -0.3 is 19.9 Å². The quantitative estimate of drug-likeness (QED) is 0.464. The van der Waals surface area contributed by atoms with E-state index in [1.165, 1.54) is 21.3 Å². The van der Waals surface area contributed by atoms with E-state index < -0.39 is 28.4 Å². The van der Waals surface area contributed by atoms with Crippen LogP contribution in [0.2, 0.25) is 0 Å². The van der Waals surface area contributed by atoms with Crippen molar-refractivity contribution in [2.75, 3.05) is 21.3 Å². The molecule has 9 nitrogen and oxygen atoms in total. The third-order valence-corrected chi connectivity index (χ3v) is 5.77. The van der Waals surface area contributed by atoms with Gasteiger partial charge in [0, 0.05) is 6.54 Å². The molecule has 1 atom stereocenters. The lowest BCUT2D eigenvalue weighted by Gasteiger charge is -2.32. The second kappa shape index (κ2) is 10.2. The summed E-state index contributed by atoms with van der Waals surface area (Å²) in [5, 5.41) is 0. The van der Waals surface area contributed by atoms with Crippen LogP contribution < -0.4 is 31.2 Å². The number of carbonyl (C=O) groups excluding carboxylic acids is 1. The molecule has 1 aromatic heterocycles. The van der Waals surface area contributed by atoms with E-state index in [1.807, 2.05) is 4.98 Å². The molecule has 10 heteroatoms. The topological polar surface area (TPSA) is 126 Å². The number of H-pyrrole nitrogens is 1. The summed E-state index contributed by atoms with van der Waals surface area (Å²) in [4.78, 5) is 38.7.